The Hall–Kier alpha value is -2.29. The summed E-state index contributed by atoms with van der Waals surface area (Å²) in [5, 5.41) is 10.7. The first kappa shape index (κ1) is 34.2. The lowest BCUT2D eigenvalue weighted by Crippen LogP contribution is -2.49. The van der Waals surface area contributed by atoms with Crippen molar-refractivity contribution >= 4 is 5.97 Å². The summed E-state index contributed by atoms with van der Waals surface area (Å²) in [6.45, 7) is 6.59. The normalized spacial score (nSPS) is 21.1. The van der Waals surface area contributed by atoms with Crippen molar-refractivity contribution in [2.45, 2.75) is 115 Å². The highest BCUT2D eigenvalue weighted by molar-refractivity contribution is 5.69. The van der Waals surface area contributed by atoms with E-state index in [1.54, 1.807) is 0 Å². The number of hydrogen-bond acceptors (Lipinski definition) is 7. The number of carbonyl (C=O) groups is 1. The lowest BCUT2D eigenvalue weighted by Gasteiger charge is -2.35. The van der Waals surface area contributed by atoms with Gasteiger partial charge in [0.05, 0.1) is 50.8 Å². The van der Waals surface area contributed by atoms with Crippen LogP contribution in [-0.4, -0.2) is 73.2 Å². The van der Waals surface area contributed by atoms with Crippen molar-refractivity contribution in [1.82, 2.24) is 4.90 Å². The summed E-state index contributed by atoms with van der Waals surface area (Å²) in [7, 11) is 2.13. The van der Waals surface area contributed by atoms with Crippen molar-refractivity contribution in [3.05, 3.63) is 71.8 Å². The van der Waals surface area contributed by atoms with Crippen LogP contribution < -0.4 is 0 Å². The van der Waals surface area contributed by atoms with Gasteiger partial charge in [0.15, 0.2) is 0 Å². The molecule has 0 radical (unpaired) electrons. The van der Waals surface area contributed by atoms with E-state index in [-0.39, 0.29) is 36.9 Å². The van der Waals surface area contributed by atoms with Gasteiger partial charge in [-0.3, -0.25) is 9.69 Å². The first-order chi connectivity index (χ1) is 20.5. The van der Waals surface area contributed by atoms with Crippen LogP contribution in [0.4, 0.5) is 0 Å². The molecule has 234 valence electrons. The van der Waals surface area contributed by atoms with Crippen molar-refractivity contribution < 1.29 is 28.8 Å². The molecule has 0 saturated heterocycles. The zero-order valence-corrected chi connectivity index (χ0v) is 26.0. The van der Waals surface area contributed by atoms with Crippen LogP contribution in [-0.2, 0) is 37.0 Å². The van der Waals surface area contributed by atoms with Gasteiger partial charge in [0.1, 0.15) is 6.10 Å². The number of rotatable bonds is 21. The SMILES string of the molecule is CCCCCC(O)COC1C(OCc2ccccc2)CC(OCc2ccccc2)C1N(C)CCCCCC(=O)OCC. The van der Waals surface area contributed by atoms with Crippen LogP contribution in [0.25, 0.3) is 0 Å². The predicted octanol–water partition coefficient (Wildman–Crippen LogP) is 6.31. The summed E-state index contributed by atoms with van der Waals surface area (Å²) < 4.78 is 24.7. The lowest BCUT2D eigenvalue weighted by molar-refractivity contribution is -0.143. The van der Waals surface area contributed by atoms with E-state index >= 15 is 0 Å². The van der Waals surface area contributed by atoms with Crippen LogP contribution in [0, 0.1) is 0 Å². The quantitative estimate of drug-likeness (QED) is 0.136. The molecule has 1 saturated carbocycles. The lowest BCUT2D eigenvalue weighted by atomic mass is 10.1. The Morgan fingerprint density at radius 3 is 2.12 bits per heavy atom. The van der Waals surface area contributed by atoms with E-state index < -0.39 is 6.10 Å². The molecule has 42 heavy (non-hydrogen) atoms. The average Bonchev–Trinajstić information content (AvgIpc) is 3.36. The van der Waals surface area contributed by atoms with Gasteiger partial charge in [0.2, 0.25) is 0 Å². The van der Waals surface area contributed by atoms with Crippen LogP contribution in [0.15, 0.2) is 60.7 Å². The molecular formula is C35H53NO6. The van der Waals surface area contributed by atoms with Crippen molar-refractivity contribution in [3.63, 3.8) is 0 Å². The van der Waals surface area contributed by atoms with E-state index in [0.717, 1.165) is 62.6 Å². The highest BCUT2D eigenvalue weighted by atomic mass is 16.6. The number of aliphatic hydroxyl groups is 1. The van der Waals surface area contributed by atoms with E-state index in [9.17, 15) is 9.90 Å². The van der Waals surface area contributed by atoms with Gasteiger partial charge in [0.25, 0.3) is 0 Å². The molecule has 0 heterocycles. The fraction of sp³-hybridized carbons (Fsp3) is 0.629. The molecule has 0 amide bonds. The van der Waals surface area contributed by atoms with Gasteiger partial charge < -0.3 is 24.1 Å². The van der Waals surface area contributed by atoms with Gasteiger partial charge in [-0.1, -0.05) is 93.3 Å². The number of unbranched alkanes of at least 4 members (excludes halogenated alkanes) is 4. The van der Waals surface area contributed by atoms with E-state index in [1.807, 2.05) is 43.3 Å². The molecular weight excluding hydrogens is 530 g/mol. The maximum atomic E-state index is 11.7. The van der Waals surface area contributed by atoms with Crippen molar-refractivity contribution in [1.29, 1.82) is 0 Å². The number of esters is 1. The molecule has 0 bridgehead atoms. The summed E-state index contributed by atoms with van der Waals surface area (Å²) in [4.78, 5) is 14.1. The molecule has 1 fully saturated rings. The van der Waals surface area contributed by atoms with Crippen LogP contribution in [0.1, 0.15) is 82.8 Å². The second-order valence-electron chi connectivity index (χ2n) is 11.4. The third-order valence-corrected chi connectivity index (χ3v) is 7.99. The number of ether oxygens (including phenoxy) is 4. The van der Waals surface area contributed by atoms with E-state index in [2.05, 4.69) is 43.1 Å². The van der Waals surface area contributed by atoms with Gasteiger partial charge >= 0.3 is 5.97 Å². The molecule has 2 aromatic carbocycles. The third-order valence-electron chi connectivity index (χ3n) is 7.99. The van der Waals surface area contributed by atoms with Crippen molar-refractivity contribution in [2.24, 2.45) is 0 Å². The largest absolute Gasteiger partial charge is 0.466 e. The Kier molecular flexibility index (Phi) is 16.1. The summed E-state index contributed by atoms with van der Waals surface area (Å²) in [6.07, 6.45) is 6.89. The van der Waals surface area contributed by atoms with E-state index in [1.165, 1.54) is 0 Å². The molecule has 7 heteroatoms. The first-order valence-electron chi connectivity index (χ1n) is 16.0. The van der Waals surface area contributed by atoms with Gasteiger partial charge in [-0.05, 0) is 50.9 Å². The molecule has 0 spiro atoms. The minimum absolute atomic E-state index is 0.0256. The van der Waals surface area contributed by atoms with Crippen LogP contribution in [0.5, 0.6) is 0 Å². The molecule has 0 aliphatic heterocycles. The van der Waals surface area contributed by atoms with Crippen LogP contribution >= 0.6 is 0 Å². The number of nitrogens with zero attached hydrogens (tertiary/aromatic N) is 1. The maximum absolute atomic E-state index is 11.7. The molecule has 3 rings (SSSR count). The molecule has 0 aromatic heterocycles. The molecule has 7 nitrogen and oxygen atoms in total. The predicted molar refractivity (Wildman–Crippen MR) is 166 cm³/mol. The zero-order chi connectivity index (χ0) is 30.0. The molecule has 5 atom stereocenters. The first-order valence-corrected chi connectivity index (χ1v) is 16.0. The van der Waals surface area contributed by atoms with Gasteiger partial charge in [-0.2, -0.15) is 0 Å². The fourth-order valence-electron chi connectivity index (χ4n) is 5.68. The van der Waals surface area contributed by atoms with Crippen LogP contribution in [0.3, 0.4) is 0 Å². The maximum Gasteiger partial charge on any atom is 0.305 e. The number of benzene rings is 2. The van der Waals surface area contributed by atoms with E-state index in [4.69, 9.17) is 18.9 Å². The fourth-order valence-corrected chi connectivity index (χ4v) is 5.68. The van der Waals surface area contributed by atoms with Gasteiger partial charge in [0, 0.05) is 12.8 Å². The Morgan fingerprint density at radius 2 is 1.50 bits per heavy atom. The second kappa shape index (κ2) is 19.8. The molecule has 1 N–H and O–H groups in total. The molecule has 5 unspecified atom stereocenters. The molecule has 2 aromatic rings. The summed E-state index contributed by atoms with van der Waals surface area (Å²) in [5.41, 5.74) is 2.26. The smallest absolute Gasteiger partial charge is 0.305 e. The van der Waals surface area contributed by atoms with Crippen molar-refractivity contribution in [3.8, 4) is 0 Å². The number of aliphatic hydroxyl groups excluding tert-OH is 1. The number of carbonyl (C=O) groups excluding carboxylic acids is 1. The Bertz CT molecular complexity index is 974. The highest BCUT2D eigenvalue weighted by Crippen LogP contribution is 2.33. The van der Waals surface area contributed by atoms with Gasteiger partial charge in [-0.25, -0.2) is 0 Å². The summed E-state index contributed by atoms with van der Waals surface area (Å²) in [5.74, 6) is -0.125. The second-order valence-corrected chi connectivity index (χ2v) is 11.4. The summed E-state index contributed by atoms with van der Waals surface area (Å²) >= 11 is 0. The van der Waals surface area contributed by atoms with Crippen molar-refractivity contribution in [2.75, 3.05) is 26.8 Å². The highest BCUT2D eigenvalue weighted by Gasteiger charge is 2.47. The van der Waals surface area contributed by atoms with Gasteiger partial charge in [-0.15, -0.1) is 0 Å². The minimum Gasteiger partial charge on any atom is -0.466 e. The Morgan fingerprint density at radius 1 is 0.857 bits per heavy atom. The average molecular weight is 584 g/mol. The Labute approximate surface area is 253 Å². The minimum atomic E-state index is -0.496. The monoisotopic (exact) mass is 583 g/mol. The van der Waals surface area contributed by atoms with E-state index in [0.29, 0.717) is 32.7 Å². The zero-order valence-electron chi connectivity index (χ0n) is 26.0. The number of likely N-dealkylation sites (N-methyl/N-ethyl adjacent to an activating group) is 1. The molecule has 1 aliphatic rings. The molecule has 1 aliphatic carbocycles. The standard InChI is InChI=1S/C35H53NO6/c1-4-6-10-21-30(37)27-42-35-32(41-26-29-19-13-8-14-20-29)24-31(40-25-28-17-11-7-12-18-28)34(35)36(3)23-16-9-15-22-33(38)39-5-2/h7-8,11-14,17-20,30-32,34-35,37H,4-6,9-10,15-16,21-27H2,1-3H3. The topological polar surface area (TPSA) is 77.5 Å². The number of hydrogen-bond donors (Lipinski definition) is 1. The summed E-state index contributed by atoms with van der Waals surface area (Å²) in [6, 6.07) is 20.4. The van der Waals surface area contributed by atoms with Crippen LogP contribution in [0.2, 0.25) is 0 Å². The Balaban J connectivity index is 1.70. The third kappa shape index (κ3) is 12.1.